The van der Waals surface area contributed by atoms with Crippen LogP contribution in [-0.4, -0.2) is 4.57 Å². The van der Waals surface area contributed by atoms with Crippen molar-refractivity contribution >= 4 is 38.9 Å². The van der Waals surface area contributed by atoms with E-state index in [-0.39, 0.29) is 21.7 Å². The summed E-state index contributed by atoms with van der Waals surface area (Å²) in [5.41, 5.74) is 24.0. The van der Waals surface area contributed by atoms with Crippen molar-refractivity contribution in [3.63, 3.8) is 0 Å². The van der Waals surface area contributed by atoms with Gasteiger partial charge in [-0.15, -0.1) is 0 Å². The van der Waals surface area contributed by atoms with Crippen molar-refractivity contribution in [2.75, 3.05) is 4.90 Å². The molecule has 4 nitrogen and oxygen atoms in total. The quantitative estimate of drug-likeness (QED) is 0.176. The summed E-state index contributed by atoms with van der Waals surface area (Å²) in [6.07, 6.45) is 0. The van der Waals surface area contributed by atoms with Crippen molar-refractivity contribution in [1.82, 2.24) is 4.57 Å². The van der Waals surface area contributed by atoms with E-state index < -0.39 is 10.8 Å². The Morgan fingerprint density at radius 2 is 0.693 bits per heavy atom. The molecule has 4 heteroatoms. The van der Waals surface area contributed by atoms with Crippen molar-refractivity contribution in [2.24, 2.45) is 0 Å². The third-order valence-corrected chi connectivity index (χ3v) is 20.0. The van der Waals surface area contributed by atoms with E-state index in [4.69, 9.17) is 9.47 Å². The summed E-state index contributed by atoms with van der Waals surface area (Å²) in [4.78, 5) is 2.51. The number of hydrogen-bond donors (Lipinski definition) is 0. The van der Waals surface area contributed by atoms with E-state index in [9.17, 15) is 0 Å². The zero-order valence-electron chi connectivity index (χ0n) is 52.7. The van der Waals surface area contributed by atoms with Gasteiger partial charge in [0.15, 0.2) is 5.75 Å². The molecule has 3 heterocycles. The molecule has 0 saturated carbocycles. The molecule has 0 atom stereocenters. The van der Waals surface area contributed by atoms with Crippen molar-refractivity contribution in [3.05, 3.63) is 297 Å². The van der Waals surface area contributed by atoms with Gasteiger partial charge in [-0.1, -0.05) is 253 Å². The molecule has 0 bridgehead atoms. The average Bonchev–Trinajstić information content (AvgIpc) is 1.46. The molecule has 0 saturated heterocycles. The zero-order valence-corrected chi connectivity index (χ0v) is 52.7. The standard InChI is InChI=1S/C84H74N2O2/c1-79(2,3)51-36-41-56-57-42-37-52(80(4,5)6)47-66(57)83(65(56)46-51)63-27-16-22-35-76(63)88-78-64(83)28-23-33-74(78)85(72-31-19-20-32-73(72)86-70-29-17-13-24-60(70)61-25-14-18-30-71(61)86)55-40-45-77-69(50-55)84(62-26-15-21-34-75(62)87-77)67-48-53(81(7,8)9)38-43-58(67)59-44-39-54(49-68(59)84)82(10,11)12/h13-50H,1-12H3. The van der Waals surface area contributed by atoms with Gasteiger partial charge in [-0.05, 0) is 149 Å². The molecule has 0 unspecified atom stereocenters. The first-order chi connectivity index (χ1) is 42.2. The van der Waals surface area contributed by atoms with Crippen LogP contribution in [0, 0.1) is 0 Å². The molecule has 2 aliphatic heterocycles. The highest BCUT2D eigenvalue weighted by Gasteiger charge is 2.55. The molecule has 0 amide bonds. The Kier molecular flexibility index (Phi) is 11.4. The molecule has 0 N–H and O–H groups in total. The molecule has 12 aromatic rings. The van der Waals surface area contributed by atoms with Crippen LogP contribution in [0.1, 0.15) is 150 Å². The van der Waals surface area contributed by atoms with Crippen LogP contribution in [0.2, 0.25) is 0 Å². The summed E-state index contributed by atoms with van der Waals surface area (Å²) >= 11 is 0. The second kappa shape index (κ2) is 18.6. The van der Waals surface area contributed by atoms with Gasteiger partial charge in [0.05, 0.1) is 38.9 Å². The molecule has 0 radical (unpaired) electrons. The van der Waals surface area contributed by atoms with E-state index in [0.29, 0.717) is 0 Å². The van der Waals surface area contributed by atoms with Gasteiger partial charge in [-0.25, -0.2) is 0 Å². The first kappa shape index (κ1) is 54.0. The predicted octanol–water partition coefficient (Wildman–Crippen LogP) is 22.4. The molecular formula is C84H74N2O2. The van der Waals surface area contributed by atoms with Crippen molar-refractivity contribution in [1.29, 1.82) is 0 Å². The number of hydrogen-bond acceptors (Lipinski definition) is 3. The lowest BCUT2D eigenvalue weighted by molar-refractivity contribution is 0.435. The minimum absolute atomic E-state index is 0.110. The number of benzene rings is 11. The molecule has 2 spiro atoms. The van der Waals surface area contributed by atoms with E-state index in [2.05, 4.69) is 323 Å². The molecule has 11 aromatic carbocycles. The summed E-state index contributed by atoms with van der Waals surface area (Å²) in [6.45, 7) is 28.0. The first-order valence-corrected chi connectivity index (χ1v) is 31.5. The Morgan fingerprint density at radius 1 is 0.307 bits per heavy atom. The maximum Gasteiger partial charge on any atom is 0.156 e. The van der Waals surface area contributed by atoms with Gasteiger partial charge in [0.2, 0.25) is 0 Å². The topological polar surface area (TPSA) is 26.6 Å². The average molecular weight is 1140 g/mol. The number of anilines is 3. The summed E-state index contributed by atoms with van der Waals surface area (Å²) in [5, 5.41) is 2.41. The third kappa shape index (κ3) is 7.57. The summed E-state index contributed by atoms with van der Waals surface area (Å²) in [6, 6.07) is 87.3. The van der Waals surface area contributed by atoms with Gasteiger partial charge < -0.3 is 18.9 Å². The van der Waals surface area contributed by atoms with Crippen LogP contribution in [0.3, 0.4) is 0 Å². The Morgan fingerprint density at radius 3 is 1.18 bits per heavy atom. The number of para-hydroxylation sites is 7. The zero-order chi connectivity index (χ0) is 60.6. The largest absolute Gasteiger partial charge is 0.457 e. The third-order valence-electron chi connectivity index (χ3n) is 20.0. The van der Waals surface area contributed by atoms with E-state index in [0.717, 1.165) is 79.0 Å². The van der Waals surface area contributed by atoms with Crippen LogP contribution >= 0.6 is 0 Å². The van der Waals surface area contributed by atoms with Gasteiger partial charge in [-0.3, -0.25) is 0 Å². The number of ether oxygens (including phenoxy) is 2. The highest BCUT2D eigenvalue weighted by molar-refractivity contribution is 6.10. The monoisotopic (exact) mass is 1140 g/mol. The van der Waals surface area contributed by atoms with Crippen LogP contribution in [0.5, 0.6) is 23.0 Å². The summed E-state index contributed by atoms with van der Waals surface area (Å²) in [7, 11) is 0. The van der Waals surface area contributed by atoms with Gasteiger partial charge >= 0.3 is 0 Å². The highest BCUT2D eigenvalue weighted by atomic mass is 16.5. The summed E-state index contributed by atoms with van der Waals surface area (Å²) in [5.74, 6) is 3.36. The lowest BCUT2D eigenvalue weighted by atomic mass is 9.64. The van der Waals surface area contributed by atoms with Crippen LogP contribution in [0.25, 0.3) is 49.7 Å². The van der Waals surface area contributed by atoms with E-state index in [1.807, 2.05) is 0 Å². The van der Waals surface area contributed by atoms with Gasteiger partial charge in [0.25, 0.3) is 0 Å². The minimum atomic E-state index is -0.770. The van der Waals surface area contributed by atoms with Crippen molar-refractivity contribution in [3.8, 4) is 50.9 Å². The van der Waals surface area contributed by atoms with Crippen LogP contribution in [0.15, 0.2) is 231 Å². The van der Waals surface area contributed by atoms with Gasteiger partial charge in [0, 0.05) is 38.7 Å². The number of fused-ring (bicyclic) bond motifs is 21. The van der Waals surface area contributed by atoms with Crippen LogP contribution < -0.4 is 14.4 Å². The van der Waals surface area contributed by atoms with Crippen LogP contribution in [0.4, 0.5) is 17.1 Å². The van der Waals surface area contributed by atoms with E-state index in [1.165, 1.54) is 77.5 Å². The maximum absolute atomic E-state index is 7.78. The Labute approximate surface area is 518 Å². The minimum Gasteiger partial charge on any atom is -0.457 e. The molecule has 88 heavy (non-hydrogen) atoms. The van der Waals surface area contributed by atoms with Crippen molar-refractivity contribution < 1.29 is 9.47 Å². The second-order valence-corrected chi connectivity index (χ2v) is 29.3. The first-order valence-electron chi connectivity index (χ1n) is 31.5. The van der Waals surface area contributed by atoms with E-state index >= 15 is 0 Å². The fourth-order valence-electron chi connectivity index (χ4n) is 15.5. The lowest BCUT2D eigenvalue weighted by Crippen LogP contribution is -2.34. The van der Waals surface area contributed by atoms with E-state index in [1.54, 1.807) is 0 Å². The van der Waals surface area contributed by atoms with Crippen molar-refractivity contribution in [2.45, 2.75) is 116 Å². The van der Waals surface area contributed by atoms with Crippen LogP contribution in [-0.2, 0) is 32.5 Å². The molecule has 4 aliphatic rings. The molecule has 1 aromatic heterocycles. The number of aromatic nitrogens is 1. The highest BCUT2D eigenvalue weighted by Crippen LogP contribution is 2.67. The number of rotatable bonds is 4. The molecule has 16 rings (SSSR count). The lowest BCUT2D eigenvalue weighted by Gasteiger charge is -2.42. The van der Waals surface area contributed by atoms with Gasteiger partial charge in [0.1, 0.15) is 17.2 Å². The number of nitrogens with zero attached hydrogens (tertiary/aromatic N) is 2. The Balaban J connectivity index is 1.04. The molecular weight excluding hydrogens is 1070 g/mol. The molecule has 432 valence electrons. The predicted molar refractivity (Wildman–Crippen MR) is 365 cm³/mol. The Hall–Kier alpha value is -9.38. The Bertz CT molecular complexity index is 4740. The summed E-state index contributed by atoms with van der Waals surface area (Å²) < 4.78 is 17.5. The second-order valence-electron chi connectivity index (χ2n) is 29.3. The smallest absolute Gasteiger partial charge is 0.156 e. The fourth-order valence-corrected chi connectivity index (χ4v) is 15.5. The molecule has 2 aliphatic carbocycles. The maximum atomic E-state index is 7.78. The molecule has 0 fully saturated rings. The normalized spacial score (nSPS) is 14.7. The van der Waals surface area contributed by atoms with Gasteiger partial charge in [-0.2, -0.15) is 0 Å². The SMILES string of the molecule is CC(C)(C)c1ccc2c(c1)C1(c3ccccc3Oc3ccc(N(c4ccccc4-n4c5ccccc5c5ccccc54)c4cccc5c4Oc4ccccc4C54c5cc(C(C)(C)C)ccc5-c5ccc(C(C)(C)C)cc54)cc31)c1cc(C(C)(C)C)ccc1-2. The fraction of sp³-hybridized carbons (Fsp3) is 0.214.